The molecule has 6 nitrogen and oxygen atoms in total. The van der Waals surface area contributed by atoms with Crippen molar-refractivity contribution >= 4 is 23.3 Å². The van der Waals surface area contributed by atoms with Crippen LogP contribution in [0, 0.1) is 6.92 Å². The van der Waals surface area contributed by atoms with Gasteiger partial charge in [0.1, 0.15) is 0 Å². The predicted octanol–water partition coefficient (Wildman–Crippen LogP) is 4.48. The zero-order valence-corrected chi connectivity index (χ0v) is 15.2. The number of esters is 1. The molecule has 3 rings (SSSR count). The fourth-order valence-corrected chi connectivity index (χ4v) is 3.51. The summed E-state index contributed by atoms with van der Waals surface area (Å²) in [4.78, 5) is 25.8. The minimum absolute atomic E-state index is 0.0161. The van der Waals surface area contributed by atoms with Gasteiger partial charge in [0.05, 0.1) is 19.8 Å². The van der Waals surface area contributed by atoms with E-state index < -0.39 is 17.7 Å². The molecular weight excluding hydrogens is 356 g/mol. The summed E-state index contributed by atoms with van der Waals surface area (Å²) >= 11 is 1.67. The molecule has 134 valence electrons. The Morgan fingerprint density at radius 3 is 2.15 bits per heavy atom. The minimum Gasteiger partial charge on any atom is -0.492 e. The highest BCUT2D eigenvalue weighted by molar-refractivity contribution is 7.15. The highest BCUT2D eigenvalue weighted by Crippen LogP contribution is 2.40. The molecule has 0 atom stereocenters. The second kappa shape index (κ2) is 7.05. The van der Waals surface area contributed by atoms with E-state index in [-0.39, 0.29) is 17.1 Å². The van der Waals surface area contributed by atoms with Gasteiger partial charge in [-0.25, -0.2) is 9.59 Å². The lowest BCUT2D eigenvalue weighted by molar-refractivity contribution is 0.0556. The summed E-state index contributed by atoms with van der Waals surface area (Å²) in [6.07, 6.45) is 0. The number of carbonyl (C=O) groups excluding carboxylic acids is 1. The smallest absolute Gasteiger partial charge is 0.375 e. The lowest BCUT2D eigenvalue weighted by Crippen LogP contribution is -2.01. The van der Waals surface area contributed by atoms with Crippen molar-refractivity contribution in [3.8, 4) is 27.3 Å². The Morgan fingerprint density at radius 2 is 1.65 bits per heavy atom. The molecule has 0 bridgehead atoms. The zero-order valence-electron chi connectivity index (χ0n) is 14.4. The Balaban J connectivity index is 2.13. The molecule has 3 aromatic rings. The molecule has 0 radical (unpaired) electrons. The molecule has 0 aliphatic heterocycles. The van der Waals surface area contributed by atoms with Crippen LogP contribution in [0.2, 0.25) is 0 Å². The van der Waals surface area contributed by atoms with Crippen molar-refractivity contribution in [3.05, 3.63) is 52.8 Å². The number of aryl methyl sites for hydroxylation is 1. The molecule has 0 saturated carbocycles. The summed E-state index contributed by atoms with van der Waals surface area (Å²) in [6, 6.07) is 11.5. The molecular formula is C19H16O6S. The van der Waals surface area contributed by atoms with E-state index in [4.69, 9.17) is 13.9 Å². The van der Waals surface area contributed by atoms with Crippen LogP contribution in [0.3, 0.4) is 0 Å². The van der Waals surface area contributed by atoms with E-state index in [1.807, 2.05) is 31.2 Å². The van der Waals surface area contributed by atoms with Crippen molar-refractivity contribution < 1.29 is 28.6 Å². The number of carbonyl (C=O) groups is 2. The van der Waals surface area contributed by atoms with Crippen molar-refractivity contribution in [2.24, 2.45) is 0 Å². The van der Waals surface area contributed by atoms with Crippen LogP contribution in [-0.2, 0) is 4.74 Å². The fourth-order valence-electron chi connectivity index (χ4n) is 2.64. The molecule has 0 aliphatic rings. The largest absolute Gasteiger partial charge is 0.492 e. The normalized spacial score (nSPS) is 10.6. The number of ether oxygens (including phenoxy) is 2. The molecule has 0 saturated heterocycles. The zero-order chi connectivity index (χ0) is 18.8. The Labute approximate surface area is 153 Å². The number of hydrogen-bond acceptors (Lipinski definition) is 6. The maximum absolute atomic E-state index is 12.0. The second-order valence-corrected chi connectivity index (χ2v) is 6.74. The van der Waals surface area contributed by atoms with Gasteiger partial charge in [-0.3, -0.25) is 0 Å². The standard InChI is InChI=1S/C19H16O6S/c1-10-4-9-13(26-10)11-5-7-12(8-6-11)14-15(23-2)17(18(20)21)25-16(14)19(22)24-3/h4-9H,1-3H3,(H,20,21). The van der Waals surface area contributed by atoms with Crippen molar-refractivity contribution in [3.63, 3.8) is 0 Å². The predicted molar refractivity (Wildman–Crippen MR) is 97.0 cm³/mol. The first-order valence-corrected chi connectivity index (χ1v) is 8.47. The quantitative estimate of drug-likeness (QED) is 0.665. The molecule has 2 heterocycles. The Kier molecular flexibility index (Phi) is 4.81. The average Bonchev–Trinajstić information content (AvgIpc) is 3.24. The number of carboxylic acid groups (broad SMARTS) is 1. The first kappa shape index (κ1) is 17.8. The van der Waals surface area contributed by atoms with Gasteiger partial charge < -0.3 is 19.0 Å². The average molecular weight is 372 g/mol. The van der Waals surface area contributed by atoms with Gasteiger partial charge in [-0.05, 0) is 30.2 Å². The van der Waals surface area contributed by atoms with Gasteiger partial charge in [-0.15, -0.1) is 11.3 Å². The number of carboxylic acids is 1. The summed E-state index contributed by atoms with van der Waals surface area (Å²) in [7, 11) is 2.52. The fraction of sp³-hybridized carbons (Fsp3) is 0.158. The van der Waals surface area contributed by atoms with E-state index in [2.05, 4.69) is 0 Å². The van der Waals surface area contributed by atoms with Crippen LogP contribution in [0.25, 0.3) is 21.6 Å². The molecule has 7 heteroatoms. The molecule has 0 amide bonds. The van der Waals surface area contributed by atoms with Crippen LogP contribution in [0.5, 0.6) is 5.75 Å². The molecule has 0 fully saturated rings. The molecule has 2 aromatic heterocycles. The SMILES string of the molecule is COC(=O)c1oc(C(=O)O)c(OC)c1-c1ccc(-c2ccc(C)s2)cc1. The molecule has 26 heavy (non-hydrogen) atoms. The number of rotatable bonds is 5. The highest BCUT2D eigenvalue weighted by atomic mass is 32.1. The van der Waals surface area contributed by atoms with Crippen LogP contribution < -0.4 is 4.74 Å². The maximum Gasteiger partial charge on any atom is 0.375 e. The van der Waals surface area contributed by atoms with E-state index in [1.54, 1.807) is 23.5 Å². The number of thiophene rings is 1. The van der Waals surface area contributed by atoms with Crippen LogP contribution in [0.4, 0.5) is 0 Å². The molecule has 1 N–H and O–H groups in total. The van der Waals surface area contributed by atoms with Gasteiger partial charge in [0.25, 0.3) is 5.76 Å². The van der Waals surface area contributed by atoms with Gasteiger partial charge in [0.15, 0.2) is 5.75 Å². The van der Waals surface area contributed by atoms with E-state index in [9.17, 15) is 14.7 Å². The van der Waals surface area contributed by atoms with Crippen molar-refractivity contribution in [1.82, 2.24) is 0 Å². The molecule has 0 aliphatic carbocycles. The van der Waals surface area contributed by atoms with Gasteiger partial charge in [0, 0.05) is 9.75 Å². The molecule has 1 aromatic carbocycles. The first-order chi connectivity index (χ1) is 12.5. The third-order valence-electron chi connectivity index (χ3n) is 3.83. The summed E-state index contributed by atoms with van der Waals surface area (Å²) < 4.78 is 15.1. The summed E-state index contributed by atoms with van der Waals surface area (Å²) in [6.45, 7) is 2.04. The number of methoxy groups -OCH3 is 2. The number of hydrogen-bond donors (Lipinski definition) is 1. The number of benzene rings is 1. The lowest BCUT2D eigenvalue weighted by Gasteiger charge is -2.06. The number of aromatic carboxylic acids is 1. The highest BCUT2D eigenvalue weighted by Gasteiger charge is 2.31. The van der Waals surface area contributed by atoms with E-state index in [1.165, 1.54) is 19.1 Å². The van der Waals surface area contributed by atoms with E-state index in [0.29, 0.717) is 5.56 Å². The summed E-state index contributed by atoms with van der Waals surface area (Å²) in [5.41, 5.74) is 1.87. The summed E-state index contributed by atoms with van der Waals surface area (Å²) in [5.74, 6) is -2.77. The van der Waals surface area contributed by atoms with Gasteiger partial charge in [-0.1, -0.05) is 24.3 Å². The van der Waals surface area contributed by atoms with Crippen molar-refractivity contribution in [1.29, 1.82) is 0 Å². The van der Waals surface area contributed by atoms with Crippen molar-refractivity contribution in [2.75, 3.05) is 14.2 Å². The second-order valence-electron chi connectivity index (χ2n) is 5.45. The monoisotopic (exact) mass is 372 g/mol. The van der Waals surface area contributed by atoms with Gasteiger partial charge in [0.2, 0.25) is 5.76 Å². The third kappa shape index (κ3) is 3.09. The first-order valence-electron chi connectivity index (χ1n) is 7.66. The lowest BCUT2D eigenvalue weighted by atomic mass is 10.0. The molecule has 0 unspecified atom stereocenters. The van der Waals surface area contributed by atoms with Crippen molar-refractivity contribution in [2.45, 2.75) is 6.92 Å². The topological polar surface area (TPSA) is 86.0 Å². The molecule has 0 spiro atoms. The van der Waals surface area contributed by atoms with Crippen LogP contribution >= 0.6 is 11.3 Å². The van der Waals surface area contributed by atoms with Gasteiger partial charge in [-0.2, -0.15) is 0 Å². The van der Waals surface area contributed by atoms with E-state index >= 15 is 0 Å². The van der Waals surface area contributed by atoms with Crippen LogP contribution in [-0.4, -0.2) is 31.3 Å². The summed E-state index contributed by atoms with van der Waals surface area (Å²) in [5, 5.41) is 9.31. The minimum atomic E-state index is -1.33. The van der Waals surface area contributed by atoms with E-state index in [0.717, 1.165) is 10.4 Å². The Bertz CT molecular complexity index is 965. The Morgan fingerprint density at radius 1 is 1.00 bits per heavy atom. The van der Waals surface area contributed by atoms with Gasteiger partial charge >= 0.3 is 11.9 Å². The van der Waals surface area contributed by atoms with Crippen LogP contribution in [0.1, 0.15) is 26.0 Å². The van der Waals surface area contributed by atoms with Crippen LogP contribution in [0.15, 0.2) is 40.8 Å². The maximum atomic E-state index is 12.0. The Hall–Kier alpha value is -3.06. The number of furan rings is 1. The third-order valence-corrected chi connectivity index (χ3v) is 4.88.